The quantitative estimate of drug-likeness (QED) is 0.711. The summed E-state index contributed by atoms with van der Waals surface area (Å²) in [5, 5.41) is 0.00887. The van der Waals surface area contributed by atoms with Crippen molar-refractivity contribution in [3.05, 3.63) is 0 Å². The molecule has 3 nitrogen and oxygen atoms in total. The average molecular weight is 289 g/mol. The Kier molecular flexibility index (Phi) is 5.05. The lowest BCUT2D eigenvalue weighted by atomic mass is 9.96. The molecule has 0 spiro atoms. The second-order valence-corrected chi connectivity index (χ2v) is 9.58. The van der Waals surface area contributed by atoms with Crippen molar-refractivity contribution in [2.75, 3.05) is 13.2 Å². The first-order valence-corrected chi connectivity index (χ1v) is 9.76. The van der Waals surface area contributed by atoms with Gasteiger partial charge in [-0.2, -0.15) is 0 Å². The zero-order valence-electron chi connectivity index (χ0n) is 12.2. The Labute approximate surface area is 116 Å². The van der Waals surface area contributed by atoms with Crippen LogP contribution in [0.2, 0.25) is 0 Å². The van der Waals surface area contributed by atoms with Crippen LogP contribution >= 0.6 is 0 Å². The Morgan fingerprint density at radius 1 is 1.06 bits per heavy atom. The average Bonchev–Trinajstić information content (AvgIpc) is 2.38. The molecule has 2 unspecified atom stereocenters. The third-order valence-corrected chi connectivity index (χ3v) is 9.45. The second-order valence-electron chi connectivity index (χ2n) is 6.20. The van der Waals surface area contributed by atoms with Crippen molar-refractivity contribution in [3.63, 3.8) is 0 Å². The van der Waals surface area contributed by atoms with Crippen molar-refractivity contribution in [2.45, 2.75) is 68.9 Å². The number of ether oxygens (including phenoxy) is 2. The second kappa shape index (κ2) is 6.18. The minimum absolute atomic E-state index is 0.0256. The Hall–Kier alpha value is 0.314. The predicted molar refractivity (Wildman–Crippen MR) is 79.8 cm³/mol. The van der Waals surface area contributed by atoms with Crippen molar-refractivity contribution < 1.29 is 13.9 Å². The highest BCUT2D eigenvalue weighted by atomic mass is 28.2. The maximum Gasteiger partial charge on any atom is 0.197 e. The summed E-state index contributed by atoms with van der Waals surface area (Å²) in [5.74, 6) is 0. The molecule has 2 atom stereocenters. The highest BCUT2D eigenvalue weighted by molar-refractivity contribution is 6.36. The fourth-order valence-corrected chi connectivity index (χ4v) is 6.32. The Bertz CT molecular complexity index is 259. The van der Waals surface area contributed by atoms with Gasteiger partial charge in [-0.25, -0.2) is 0 Å². The normalized spacial score (nSPS) is 38.8. The lowest BCUT2D eigenvalue weighted by Crippen LogP contribution is -2.64. The molecule has 0 bridgehead atoms. The fraction of sp³-hybridized carbons (Fsp3) is 1.00. The molecule has 0 saturated carbocycles. The molecule has 0 aromatic heterocycles. The fourth-order valence-electron chi connectivity index (χ4n) is 3.13. The topological polar surface area (TPSA) is 27.7 Å². The molecule has 2 rings (SSSR count). The van der Waals surface area contributed by atoms with E-state index < -0.39 is 9.76 Å². The SMILES string of the molecule is CC(C)O[SiH2]C1(C2([SiH3])CCCCO2)CCCCO1. The molecule has 18 heavy (non-hydrogen) atoms. The van der Waals surface area contributed by atoms with E-state index >= 15 is 0 Å². The Morgan fingerprint density at radius 3 is 2.22 bits per heavy atom. The third-order valence-electron chi connectivity index (χ3n) is 4.44. The number of hydrogen-bond acceptors (Lipinski definition) is 3. The van der Waals surface area contributed by atoms with Gasteiger partial charge in [-0.1, -0.05) is 0 Å². The van der Waals surface area contributed by atoms with Crippen LogP contribution in [0.15, 0.2) is 0 Å². The van der Waals surface area contributed by atoms with Gasteiger partial charge >= 0.3 is 0 Å². The summed E-state index contributed by atoms with van der Waals surface area (Å²) >= 11 is 0. The number of rotatable bonds is 4. The lowest BCUT2D eigenvalue weighted by molar-refractivity contribution is -0.164. The van der Waals surface area contributed by atoms with Gasteiger partial charge in [0, 0.05) is 29.6 Å². The van der Waals surface area contributed by atoms with E-state index in [-0.39, 0.29) is 10.4 Å². The van der Waals surface area contributed by atoms with Crippen LogP contribution in [0, 0.1) is 0 Å². The van der Waals surface area contributed by atoms with Crippen molar-refractivity contribution >= 4 is 20.0 Å². The summed E-state index contributed by atoms with van der Waals surface area (Å²) < 4.78 is 18.6. The van der Waals surface area contributed by atoms with Gasteiger partial charge < -0.3 is 13.9 Å². The van der Waals surface area contributed by atoms with Gasteiger partial charge in [0.2, 0.25) is 0 Å². The van der Waals surface area contributed by atoms with Crippen molar-refractivity contribution in [1.29, 1.82) is 0 Å². The van der Waals surface area contributed by atoms with Crippen LogP contribution in [0.3, 0.4) is 0 Å². The van der Waals surface area contributed by atoms with Crippen molar-refractivity contribution in [2.24, 2.45) is 0 Å². The zero-order chi connectivity index (χ0) is 13.1. The smallest absolute Gasteiger partial charge is 0.197 e. The monoisotopic (exact) mass is 288 g/mol. The first-order valence-electron chi connectivity index (χ1n) is 7.48. The van der Waals surface area contributed by atoms with Gasteiger partial charge in [0.15, 0.2) is 9.76 Å². The molecule has 0 amide bonds. The lowest BCUT2D eigenvalue weighted by Gasteiger charge is -2.51. The van der Waals surface area contributed by atoms with Gasteiger partial charge in [0.25, 0.3) is 0 Å². The molecule has 106 valence electrons. The number of hydrogen-bond donors (Lipinski definition) is 0. The van der Waals surface area contributed by atoms with Crippen molar-refractivity contribution in [1.82, 2.24) is 0 Å². The minimum atomic E-state index is -0.703. The summed E-state index contributed by atoms with van der Waals surface area (Å²) in [6.45, 7) is 6.09. The van der Waals surface area contributed by atoms with E-state index in [9.17, 15) is 0 Å². The van der Waals surface area contributed by atoms with Crippen LogP contribution in [0.4, 0.5) is 0 Å². The van der Waals surface area contributed by atoms with E-state index in [4.69, 9.17) is 13.9 Å². The van der Waals surface area contributed by atoms with Crippen LogP contribution in [0.25, 0.3) is 0 Å². The summed E-state index contributed by atoms with van der Waals surface area (Å²) in [7, 11) is 0.360. The highest BCUT2D eigenvalue weighted by Gasteiger charge is 2.52. The molecule has 0 aromatic rings. The van der Waals surface area contributed by atoms with E-state index in [1.165, 1.54) is 32.1 Å². The van der Waals surface area contributed by atoms with Crippen LogP contribution in [-0.2, 0) is 13.9 Å². The first-order chi connectivity index (χ1) is 8.58. The molecule has 0 N–H and O–H groups in total. The van der Waals surface area contributed by atoms with E-state index in [1.54, 1.807) is 0 Å². The van der Waals surface area contributed by atoms with Crippen LogP contribution in [0.1, 0.15) is 52.4 Å². The molecule has 2 aliphatic rings. The summed E-state index contributed by atoms with van der Waals surface area (Å²) in [4.78, 5) is 0. The van der Waals surface area contributed by atoms with Gasteiger partial charge in [-0.05, 0) is 52.4 Å². The Morgan fingerprint density at radius 2 is 1.72 bits per heavy atom. The standard InChI is InChI=1S/C13H28O3Si2/c1-11(2)16-18-13(8-4-6-10-15-13)12(17)7-3-5-9-14-12/h11H,3-10,18H2,1-2,17H3. The van der Waals surface area contributed by atoms with Gasteiger partial charge in [-0.3, -0.25) is 0 Å². The van der Waals surface area contributed by atoms with Crippen molar-refractivity contribution in [3.8, 4) is 0 Å². The van der Waals surface area contributed by atoms with E-state index in [0.717, 1.165) is 29.9 Å². The molecule has 2 heterocycles. The molecule has 2 aliphatic heterocycles. The van der Waals surface area contributed by atoms with Gasteiger partial charge in [-0.15, -0.1) is 0 Å². The van der Waals surface area contributed by atoms with Crippen LogP contribution in [0.5, 0.6) is 0 Å². The van der Waals surface area contributed by atoms with Crippen LogP contribution < -0.4 is 0 Å². The molecule has 0 aliphatic carbocycles. The van der Waals surface area contributed by atoms with Gasteiger partial charge in [0.05, 0.1) is 5.22 Å². The zero-order valence-corrected chi connectivity index (χ0v) is 15.6. The van der Waals surface area contributed by atoms with E-state index in [0.29, 0.717) is 6.10 Å². The predicted octanol–water partition coefficient (Wildman–Crippen LogP) is 0.654. The molecule has 2 saturated heterocycles. The molecular weight excluding hydrogens is 260 g/mol. The summed E-state index contributed by atoms with van der Waals surface area (Å²) in [6.07, 6.45) is 7.67. The first kappa shape index (κ1) is 14.7. The van der Waals surface area contributed by atoms with Gasteiger partial charge in [0.1, 0.15) is 5.22 Å². The Balaban J connectivity index is 2.11. The molecular formula is C13H28O3Si2. The molecule has 2 fully saturated rings. The third kappa shape index (κ3) is 3.07. The largest absolute Gasteiger partial charge is 0.419 e. The molecule has 0 aromatic carbocycles. The minimum Gasteiger partial charge on any atom is -0.419 e. The molecule has 0 radical (unpaired) electrons. The van der Waals surface area contributed by atoms with E-state index in [2.05, 4.69) is 13.8 Å². The summed E-state index contributed by atoms with van der Waals surface area (Å²) in [6, 6.07) is 0. The maximum absolute atomic E-state index is 6.30. The van der Waals surface area contributed by atoms with Crippen LogP contribution in [-0.4, -0.2) is 49.8 Å². The summed E-state index contributed by atoms with van der Waals surface area (Å²) in [5.41, 5.74) is 0. The molecule has 5 heteroatoms. The van der Waals surface area contributed by atoms with E-state index in [1.807, 2.05) is 0 Å². The highest BCUT2D eigenvalue weighted by Crippen LogP contribution is 2.40. The maximum atomic E-state index is 6.30.